The van der Waals surface area contributed by atoms with E-state index in [1.165, 1.54) is 51.7 Å². The lowest BCUT2D eigenvalue weighted by Crippen LogP contribution is -2.36. The molecule has 2 N–H and O–H groups in total. The largest absolute Gasteiger partial charge is 0.497 e. The molecule has 2 rings (SSSR count). The Kier molecular flexibility index (Phi) is 7.50. The third-order valence-electron chi connectivity index (χ3n) is 4.01. The minimum atomic E-state index is -4.07. The number of nitrogens with zero attached hydrogens (tertiary/aromatic N) is 2. The molecule has 1 amide bonds. The van der Waals surface area contributed by atoms with Gasteiger partial charge < -0.3 is 14.6 Å². The monoisotopic (exact) mass is 435 g/mol. The van der Waals surface area contributed by atoms with Gasteiger partial charge >= 0.3 is 5.97 Å². The van der Waals surface area contributed by atoms with E-state index in [0.717, 1.165) is 4.31 Å². The van der Waals surface area contributed by atoms with Crippen LogP contribution in [0, 0.1) is 0 Å². The van der Waals surface area contributed by atoms with E-state index < -0.39 is 28.4 Å². The molecule has 0 atom stereocenters. The van der Waals surface area contributed by atoms with Crippen molar-refractivity contribution in [2.24, 2.45) is 5.10 Å². The van der Waals surface area contributed by atoms with Crippen LogP contribution in [0.1, 0.15) is 15.9 Å². The summed E-state index contributed by atoms with van der Waals surface area (Å²) in [5, 5.41) is 12.8. The van der Waals surface area contributed by atoms with Gasteiger partial charge in [0.25, 0.3) is 5.91 Å². The van der Waals surface area contributed by atoms with Crippen LogP contribution in [0.4, 0.5) is 0 Å². The molecule has 0 heterocycles. The topological polar surface area (TPSA) is 135 Å². The number of aromatic carboxylic acids is 1. The second kappa shape index (κ2) is 9.85. The number of hydrogen-bond acceptors (Lipinski definition) is 7. The van der Waals surface area contributed by atoms with Crippen molar-refractivity contribution in [3.63, 3.8) is 0 Å². The van der Waals surface area contributed by atoms with Crippen molar-refractivity contribution in [1.29, 1.82) is 0 Å². The van der Waals surface area contributed by atoms with Crippen molar-refractivity contribution in [2.75, 3.05) is 27.8 Å². The number of rotatable bonds is 9. The number of sulfonamides is 1. The molecule has 0 radical (unpaired) electrons. The summed E-state index contributed by atoms with van der Waals surface area (Å²) in [5.74, 6) is -1.44. The lowest BCUT2D eigenvalue weighted by molar-refractivity contribution is -0.121. The van der Waals surface area contributed by atoms with E-state index in [1.54, 1.807) is 18.2 Å². The zero-order chi connectivity index (χ0) is 22.3. The summed E-state index contributed by atoms with van der Waals surface area (Å²) >= 11 is 0. The number of ether oxygens (including phenoxy) is 2. The Morgan fingerprint density at radius 2 is 1.87 bits per heavy atom. The maximum absolute atomic E-state index is 12.8. The number of hydrogen-bond donors (Lipinski definition) is 2. The van der Waals surface area contributed by atoms with E-state index in [9.17, 15) is 18.0 Å². The molecule has 0 aliphatic heterocycles. The van der Waals surface area contributed by atoms with Gasteiger partial charge in [-0.15, -0.1) is 0 Å². The smallest absolute Gasteiger partial charge is 0.336 e. The number of amides is 1. The highest BCUT2D eigenvalue weighted by Crippen LogP contribution is 2.30. The number of carbonyl (C=O) groups is 2. The average Bonchev–Trinajstić information content (AvgIpc) is 2.73. The Bertz CT molecular complexity index is 1070. The molecule has 10 nitrogen and oxygen atoms in total. The predicted molar refractivity (Wildman–Crippen MR) is 108 cm³/mol. The van der Waals surface area contributed by atoms with E-state index in [1.807, 2.05) is 0 Å². The van der Waals surface area contributed by atoms with Gasteiger partial charge in [-0.3, -0.25) is 4.79 Å². The van der Waals surface area contributed by atoms with E-state index >= 15 is 0 Å². The van der Waals surface area contributed by atoms with Crippen molar-refractivity contribution in [1.82, 2.24) is 9.73 Å². The normalized spacial score (nSPS) is 11.5. The van der Waals surface area contributed by atoms with Crippen LogP contribution in [0.5, 0.6) is 11.5 Å². The molecule has 0 unspecified atom stereocenters. The Morgan fingerprint density at radius 1 is 1.17 bits per heavy atom. The molecular weight excluding hydrogens is 414 g/mol. The predicted octanol–water partition coefficient (Wildman–Crippen LogP) is 1.17. The molecule has 0 aliphatic rings. The number of likely N-dealkylation sites (N-methyl/N-ethyl adjacent to an activating group) is 1. The van der Waals surface area contributed by atoms with Gasteiger partial charge in [-0.25, -0.2) is 18.6 Å². The van der Waals surface area contributed by atoms with E-state index in [2.05, 4.69) is 10.5 Å². The Balaban J connectivity index is 2.11. The number of methoxy groups -OCH3 is 2. The number of nitrogens with one attached hydrogen (secondary N) is 1. The molecule has 0 saturated carbocycles. The quantitative estimate of drug-likeness (QED) is 0.446. The molecule has 160 valence electrons. The molecular formula is C19H21N3O7S. The summed E-state index contributed by atoms with van der Waals surface area (Å²) in [7, 11) is -0.104. The summed E-state index contributed by atoms with van der Waals surface area (Å²) in [6, 6.07) is 10.4. The number of hydrazone groups is 1. The zero-order valence-corrected chi connectivity index (χ0v) is 17.3. The van der Waals surface area contributed by atoms with Gasteiger partial charge in [0.05, 0.1) is 32.5 Å². The molecule has 2 aromatic carbocycles. The maximum atomic E-state index is 12.8. The average molecular weight is 435 g/mol. The van der Waals surface area contributed by atoms with E-state index in [0.29, 0.717) is 5.75 Å². The molecule has 2 aromatic rings. The molecule has 0 fully saturated rings. The first kappa shape index (κ1) is 22.8. The third kappa shape index (κ3) is 5.33. The van der Waals surface area contributed by atoms with Crippen molar-refractivity contribution < 1.29 is 32.6 Å². The summed E-state index contributed by atoms with van der Waals surface area (Å²) in [5.41, 5.74) is 2.48. The second-order valence-corrected chi connectivity index (χ2v) is 7.98. The number of carbonyl (C=O) groups excluding carboxylic acids is 1. The van der Waals surface area contributed by atoms with Gasteiger partial charge in [0.15, 0.2) is 0 Å². The molecule has 0 spiro atoms. The fraction of sp³-hybridized carbons (Fsp3) is 0.211. The van der Waals surface area contributed by atoms with Gasteiger partial charge in [0.1, 0.15) is 16.4 Å². The highest BCUT2D eigenvalue weighted by molar-refractivity contribution is 7.89. The molecule has 11 heteroatoms. The van der Waals surface area contributed by atoms with Crippen LogP contribution in [-0.4, -0.2) is 63.7 Å². The van der Waals surface area contributed by atoms with Crippen LogP contribution in [0.15, 0.2) is 52.5 Å². The van der Waals surface area contributed by atoms with Gasteiger partial charge in [-0.2, -0.15) is 9.41 Å². The zero-order valence-electron chi connectivity index (χ0n) is 16.5. The lowest BCUT2D eigenvalue weighted by Gasteiger charge is -2.18. The first-order valence-corrected chi connectivity index (χ1v) is 9.97. The van der Waals surface area contributed by atoms with E-state index in [-0.39, 0.29) is 21.8 Å². The highest BCUT2D eigenvalue weighted by Gasteiger charge is 2.27. The third-order valence-corrected chi connectivity index (χ3v) is 5.83. The first-order valence-electron chi connectivity index (χ1n) is 8.53. The molecule has 0 aliphatic carbocycles. The van der Waals surface area contributed by atoms with Crippen molar-refractivity contribution in [3.05, 3.63) is 53.6 Å². The fourth-order valence-electron chi connectivity index (χ4n) is 2.45. The van der Waals surface area contributed by atoms with Gasteiger partial charge in [-0.1, -0.05) is 18.2 Å². The summed E-state index contributed by atoms with van der Waals surface area (Å²) in [6.45, 7) is -0.527. The van der Waals surface area contributed by atoms with Crippen LogP contribution < -0.4 is 14.9 Å². The summed E-state index contributed by atoms with van der Waals surface area (Å²) in [6.07, 6.45) is 1.17. The van der Waals surface area contributed by atoms with Crippen LogP contribution in [0.2, 0.25) is 0 Å². The van der Waals surface area contributed by atoms with Crippen LogP contribution in [0.3, 0.4) is 0 Å². The number of benzene rings is 2. The Hall–Kier alpha value is -3.44. The Morgan fingerprint density at radius 3 is 2.50 bits per heavy atom. The highest BCUT2D eigenvalue weighted by atomic mass is 32.2. The Labute approximate surface area is 173 Å². The SMILES string of the molecule is COc1ccc(OC)c(S(=O)(=O)N(C)CC(=O)N/N=C/c2ccccc2C(=O)O)c1. The summed E-state index contributed by atoms with van der Waals surface area (Å²) < 4.78 is 36.7. The fourth-order valence-corrected chi connectivity index (χ4v) is 3.75. The van der Waals surface area contributed by atoms with Gasteiger partial charge in [-0.05, 0) is 18.2 Å². The minimum absolute atomic E-state index is 0.0142. The molecule has 30 heavy (non-hydrogen) atoms. The number of carboxylic acids is 1. The standard InChI is InChI=1S/C19H21N3O7S/c1-22(30(26,27)17-10-14(28-2)8-9-16(17)29-3)12-18(23)21-20-11-13-6-4-5-7-15(13)19(24)25/h4-11H,12H2,1-3H3,(H,21,23)(H,24,25)/b20-11+. The molecule has 0 aromatic heterocycles. The van der Waals surface area contributed by atoms with Crippen LogP contribution in [0.25, 0.3) is 0 Å². The van der Waals surface area contributed by atoms with Gasteiger partial charge in [0, 0.05) is 18.7 Å². The molecule has 0 saturated heterocycles. The minimum Gasteiger partial charge on any atom is -0.497 e. The van der Waals surface area contributed by atoms with Gasteiger partial charge in [0.2, 0.25) is 10.0 Å². The first-order chi connectivity index (χ1) is 14.2. The molecule has 0 bridgehead atoms. The van der Waals surface area contributed by atoms with Crippen molar-refractivity contribution >= 4 is 28.1 Å². The van der Waals surface area contributed by atoms with Crippen molar-refractivity contribution in [2.45, 2.75) is 4.90 Å². The van der Waals surface area contributed by atoms with Crippen LogP contribution in [-0.2, 0) is 14.8 Å². The van der Waals surface area contributed by atoms with Crippen molar-refractivity contribution in [3.8, 4) is 11.5 Å². The van der Waals surface area contributed by atoms with Crippen LogP contribution >= 0.6 is 0 Å². The van der Waals surface area contributed by atoms with E-state index in [4.69, 9.17) is 14.6 Å². The lowest BCUT2D eigenvalue weighted by atomic mass is 10.1. The summed E-state index contributed by atoms with van der Waals surface area (Å²) in [4.78, 5) is 23.1. The maximum Gasteiger partial charge on any atom is 0.336 e. The number of carboxylic acid groups (broad SMARTS) is 1. The second-order valence-electron chi connectivity index (χ2n) is 5.96.